The Kier molecular flexibility index (Phi) is 6.07. The highest BCUT2D eigenvalue weighted by Gasteiger charge is 2.23. The average Bonchev–Trinajstić information content (AvgIpc) is 3.22. The molecule has 1 saturated carbocycles. The van der Waals surface area contributed by atoms with Crippen molar-refractivity contribution >= 4 is 22.8 Å². The number of aromatic nitrogens is 3. The summed E-state index contributed by atoms with van der Waals surface area (Å²) in [5.41, 5.74) is 8.22. The third-order valence-electron chi connectivity index (χ3n) is 5.95. The number of hydrogen-bond donors (Lipinski definition) is 3. The number of amides is 2. The zero-order chi connectivity index (χ0) is 20.9. The summed E-state index contributed by atoms with van der Waals surface area (Å²) in [6, 6.07) is 8.42. The van der Waals surface area contributed by atoms with Crippen LogP contribution in [-0.2, 0) is 4.79 Å². The molecule has 0 unspecified atom stereocenters. The van der Waals surface area contributed by atoms with Gasteiger partial charge in [-0.2, -0.15) is 0 Å². The van der Waals surface area contributed by atoms with Crippen LogP contribution in [0, 0.1) is 5.92 Å². The van der Waals surface area contributed by atoms with E-state index in [0.717, 1.165) is 17.5 Å². The highest BCUT2D eigenvalue weighted by atomic mass is 16.2. The quantitative estimate of drug-likeness (QED) is 0.557. The molecule has 2 aromatic heterocycles. The first-order valence-electron chi connectivity index (χ1n) is 10.6. The molecule has 0 saturated heterocycles. The van der Waals surface area contributed by atoms with Crippen LogP contribution in [0.15, 0.2) is 42.7 Å². The van der Waals surface area contributed by atoms with Gasteiger partial charge in [0.15, 0.2) is 0 Å². The monoisotopic (exact) mass is 405 g/mol. The molecule has 0 bridgehead atoms. The van der Waals surface area contributed by atoms with E-state index in [0.29, 0.717) is 29.2 Å². The van der Waals surface area contributed by atoms with Crippen LogP contribution in [0.3, 0.4) is 0 Å². The molecule has 2 amide bonds. The van der Waals surface area contributed by atoms with E-state index >= 15 is 0 Å². The summed E-state index contributed by atoms with van der Waals surface area (Å²) in [7, 11) is 0. The number of pyridine rings is 1. The van der Waals surface area contributed by atoms with E-state index in [1.165, 1.54) is 32.1 Å². The van der Waals surface area contributed by atoms with Crippen molar-refractivity contribution < 1.29 is 9.59 Å². The van der Waals surface area contributed by atoms with E-state index in [-0.39, 0.29) is 5.91 Å². The fourth-order valence-electron chi connectivity index (χ4n) is 4.26. The Labute approximate surface area is 175 Å². The van der Waals surface area contributed by atoms with Crippen molar-refractivity contribution in [3.05, 3.63) is 48.3 Å². The number of imidazole rings is 1. The van der Waals surface area contributed by atoms with Gasteiger partial charge in [0.05, 0.1) is 11.1 Å². The van der Waals surface area contributed by atoms with Gasteiger partial charge >= 0.3 is 0 Å². The van der Waals surface area contributed by atoms with Gasteiger partial charge in [0.2, 0.25) is 5.91 Å². The largest absolute Gasteiger partial charge is 0.368 e. The average molecular weight is 406 g/mol. The van der Waals surface area contributed by atoms with Crippen molar-refractivity contribution in [2.24, 2.45) is 11.7 Å². The van der Waals surface area contributed by atoms with Crippen molar-refractivity contribution in [2.75, 3.05) is 0 Å². The highest BCUT2D eigenvalue weighted by molar-refractivity contribution is 6.06. The van der Waals surface area contributed by atoms with Gasteiger partial charge in [-0.25, -0.2) is 4.98 Å². The van der Waals surface area contributed by atoms with E-state index in [1.54, 1.807) is 24.5 Å². The molecule has 4 rings (SSSR count). The van der Waals surface area contributed by atoms with Crippen molar-refractivity contribution in [3.8, 4) is 11.4 Å². The number of fused-ring (bicyclic) bond motifs is 1. The summed E-state index contributed by atoms with van der Waals surface area (Å²) in [4.78, 5) is 36.8. The molecule has 0 aliphatic heterocycles. The molecule has 2 heterocycles. The van der Waals surface area contributed by atoms with Gasteiger partial charge < -0.3 is 16.0 Å². The van der Waals surface area contributed by atoms with E-state index < -0.39 is 11.9 Å². The van der Waals surface area contributed by atoms with E-state index in [9.17, 15) is 9.59 Å². The maximum Gasteiger partial charge on any atom is 0.254 e. The van der Waals surface area contributed by atoms with Crippen LogP contribution in [0.5, 0.6) is 0 Å². The van der Waals surface area contributed by atoms with Crippen molar-refractivity contribution in [1.29, 1.82) is 0 Å². The summed E-state index contributed by atoms with van der Waals surface area (Å²) in [6.45, 7) is 0. The molecule has 1 aromatic carbocycles. The predicted octanol–water partition coefficient (Wildman–Crippen LogP) is 3.57. The van der Waals surface area contributed by atoms with E-state index in [4.69, 9.17) is 5.73 Å². The van der Waals surface area contributed by atoms with Crippen LogP contribution in [0.1, 0.15) is 55.3 Å². The van der Waals surface area contributed by atoms with Crippen LogP contribution in [-0.4, -0.2) is 32.8 Å². The van der Waals surface area contributed by atoms with Crippen LogP contribution >= 0.6 is 0 Å². The van der Waals surface area contributed by atoms with Crippen molar-refractivity contribution in [3.63, 3.8) is 0 Å². The second-order valence-electron chi connectivity index (χ2n) is 8.03. The van der Waals surface area contributed by atoms with Crippen LogP contribution in [0.25, 0.3) is 22.4 Å². The summed E-state index contributed by atoms with van der Waals surface area (Å²) in [6.07, 6.45) is 11.1. The number of primary amides is 1. The molecule has 1 aliphatic rings. The van der Waals surface area contributed by atoms with Gasteiger partial charge in [-0.3, -0.25) is 14.6 Å². The number of carbonyl (C=O) groups is 2. The zero-order valence-corrected chi connectivity index (χ0v) is 16.9. The lowest BCUT2D eigenvalue weighted by molar-refractivity contribution is -0.120. The third-order valence-corrected chi connectivity index (χ3v) is 5.95. The normalized spacial score (nSPS) is 15.7. The Morgan fingerprint density at radius 1 is 1.13 bits per heavy atom. The Morgan fingerprint density at radius 2 is 1.90 bits per heavy atom. The molecule has 1 aliphatic carbocycles. The van der Waals surface area contributed by atoms with Gasteiger partial charge in [0, 0.05) is 18.0 Å². The number of carbonyl (C=O) groups excluding carboxylic acids is 2. The van der Waals surface area contributed by atoms with E-state index in [1.807, 2.05) is 18.2 Å². The van der Waals surface area contributed by atoms with E-state index in [2.05, 4.69) is 20.3 Å². The Morgan fingerprint density at radius 3 is 2.63 bits per heavy atom. The summed E-state index contributed by atoms with van der Waals surface area (Å²) in [5, 5.41) is 2.84. The van der Waals surface area contributed by atoms with Crippen LogP contribution in [0.4, 0.5) is 0 Å². The maximum atomic E-state index is 13.0. The lowest BCUT2D eigenvalue weighted by Crippen LogP contribution is -2.44. The zero-order valence-electron chi connectivity index (χ0n) is 16.9. The van der Waals surface area contributed by atoms with Crippen molar-refractivity contribution in [1.82, 2.24) is 20.3 Å². The molecule has 1 fully saturated rings. The molecule has 156 valence electrons. The minimum absolute atomic E-state index is 0.333. The maximum absolute atomic E-state index is 13.0. The number of H-pyrrole nitrogens is 1. The van der Waals surface area contributed by atoms with Crippen LogP contribution in [0.2, 0.25) is 0 Å². The lowest BCUT2D eigenvalue weighted by atomic mass is 9.85. The number of benzene rings is 1. The van der Waals surface area contributed by atoms with Crippen LogP contribution < -0.4 is 11.1 Å². The van der Waals surface area contributed by atoms with Gasteiger partial charge in [0.25, 0.3) is 5.91 Å². The molecular formula is C23H27N5O2. The van der Waals surface area contributed by atoms with Gasteiger partial charge in [-0.05, 0) is 43.0 Å². The predicted molar refractivity (Wildman–Crippen MR) is 116 cm³/mol. The summed E-state index contributed by atoms with van der Waals surface area (Å²) < 4.78 is 0. The number of nitrogens with zero attached hydrogens (tertiary/aromatic N) is 2. The molecule has 4 N–H and O–H groups in total. The topological polar surface area (TPSA) is 114 Å². The number of nitrogens with two attached hydrogens (primary N) is 1. The first-order valence-corrected chi connectivity index (χ1v) is 10.6. The van der Waals surface area contributed by atoms with Gasteiger partial charge in [-0.15, -0.1) is 0 Å². The Balaban J connectivity index is 1.51. The van der Waals surface area contributed by atoms with Gasteiger partial charge in [-0.1, -0.05) is 38.2 Å². The summed E-state index contributed by atoms with van der Waals surface area (Å²) >= 11 is 0. The molecular weight excluding hydrogens is 378 g/mol. The SMILES string of the molecule is NC(=O)[C@H](CCC1CCCCC1)NC(=O)c1cccc2[nH]c(-c3ccncc3)nc12. The third kappa shape index (κ3) is 4.50. The smallest absolute Gasteiger partial charge is 0.254 e. The van der Waals surface area contributed by atoms with Gasteiger partial charge in [0.1, 0.15) is 17.4 Å². The molecule has 7 heteroatoms. The molecule has 3 aromatic rings. The number of rotatable bonds is 7. The Bertz CT molecular complexity index is 1020. The molecule has 1 atom stereocenters. The highest BCUT2D eigenvalue weighted by Crippen LogP contribution is 2.28. The lowest BCUT2D eigenvalue weighted by Gasteiger charge is -2.23. The number of nitrogens with one attached hydrogen (secondary N) is 2. The second kappa shape index (κ2) is 9.07. The molecule has 7 nitrogen and oxygen atoms in total. The molecule has 0 spiro atoms. The molecule has 0 radical (unpaired) electrons. The summed E-state index contributed by atoms with van der Waals surface area (Å²) in [5.74, 6) is 0.457. The fraction of sp³-hybridized carbons (Fsp3) is 0.391. The second-order valence-corrected chi connectivity index (χ2v) is 8.03. The number of hydrogen-bond acceptors (Lipinski definition) is 4. The Hall–Kier alpha value is -3.22. The van der Waals surface area contributed by atoms with Crippen molar-refractivity contribution in [2.45, 2.75) is 51.0 Å². The number of aromatic amines is 1. The molecule has 30 heavy (non-hydrogen) atoms. The standard InChI is InChI=1S/C23H27N5O2/c24-21(29)19(10-9-15-5-2-1-3-6-15)27-23(30)17-7-4-8-18-20(17)28-22(26-18)16-11-13-25-14-12-16/h4,7-8,11-15,19H,1-3,5-6,9-10H2,(H2,24,29)(H,26,28)(H,27,30)/t19-/m0/s1. The number of para-hydroxylation sites is 1. The first kappa shape index (κ1) is 20.1. The minimum Gasteiger partial charge on any atom is -0.368 e. The fourth-order valence-corrected chi connectivity index (χ4v) is 4.26. The first-order chi connectivity index (χ1) is 14.6. The minimum atomic E-state index is -0.673.